The first kappa shape index (κ1) is 24.3. The monoisotopic (exact) mass is 496 g/mol. The minimum absolute atomic E-state index is 0.0176. The number of amides is 2. The van der Waals surface area contributed by atoms with Crippen LogP contribution in [-0.4, -0.2) is 56.1 Å². The standard InChI is InChI=1S/C24H25FN6O3S/c1-13(11-32)27-22(33)19-8-16(10-31-21(19)28-24(26)29-31)17-9-20(35-12-17)23(34)30(3)14(2)15-4-6-18(25)7-5-15/h4-10,12-14,32H,11H2,1-3H3,(H2,26,29)(H,27,33)/t13-,14-/m0/s1. The number of carbonyl (C=O) groups is 2. The van der Waals surface area contributed by atoms with Crippen molar-refractivity contribution in [2.45, 2.75) is 25.9 Å². The van der Waals surface area contributed by atoms with Crippen LogP contribution in [0.1, 0.15) is 45.5 Å². The van der Waals surface area contributed by atoms with E-state index in [0.29, 0.717) is 10.4 Å². The number of pyridine rings is 1. The van der Waals surface area contributed by atoms with E-state index in [2.05, 4.69) is 15.4 Å². The van der Waals surface area contributed by atoms with Crippen molar-refractivity contribution < 1.29 is 19.1 Å². The van der Waals surface area contributed by atoms with Crippen LogP contribution in [0, 0.1) is 5.82 Å². The van der Waals surface area contributed by atoms with E-state index in [4.69, 9.17) is 5.73 Å². The summed E-state index contributed by atoms with van der Waals surface area (Å²) in [5.74, 6) is -0.920. The SMILES string of the molecule is C[C@@H](CO)NC(=O)c1cc(-c2csc(C(=O)N(C)[C@@H](C)c3ccc(F)cc3)c2)cn2nc(N)nc12. The van der Waals surface area contributed by atoms with Crippen LogP contribution in [0.2, 0.25) is 0 Å². The Morgan fingerprint density at radius 2 is 1.94 bits per heavy atom. The van der Waals surface area contributed by atoms with E-state index < -0.39 is 11.9 Å². The van der Waals surface area contributed by atoms with Crippen molar-refractivity contribution in [3.05, 3.63) is 69.8 Å². The van der Waals surface area contributed by atoms with Crippen molar-refractivity contribution in [3.63, 3.8) is 0 Å². The van der Waals surface area contributed by atoms with Gasteiger partial charge in [-0.3, -0.25) is 9.59 Å². The van der Waals surface area contributed by atoms with Gasteiger partial charge in [0.15, 0.2) is 5.65 Å². The molecule has 9 nitrogen and oxygen atoms in total. The van der Waals surface area contributed by atoms with E-state index >= 15 is 0 Å². The van der Waals surface area contributed by atoms with Gasteiger partial charge >= 0.3 is 0 Å². The van der Waals surface area contributed by atoms with Gasteiger partial charge in [-0.05, 0) is 54.6 Å². The highest BCUT2D eigenvalue weighted by Gasteiger charge is 2.22. The summed E-state index contributed by atoms with van der Waals surface area (Å²) in [5.41, 5.74) is 8.47. The molecule has 4 N–H and O–H groups in total. The highest BCUT2D eigenvalue weighted by atomic mass is 32.1. The zero-order valence-corrected chi connectivity index (χ0v) is 20.2. The molecule has 35 heavy (non-hydrogen) atoms. The van der Waals surface area contributed by atoms with Gasteiger partial charge < -0.3 is 21.1 Å². The molecule has 0 bridgehead atoms. The number of aliphatic hydroxyl groups is 1. The maximum absolute atomic E-state index is 13.3. The smallest absolute Gasteiger partial charge is 0.264 e. The first-order valence-corrected chi connectivity index (χ1v) is 11.7. The van der Waals surface area contributed by atoms with Crippen molar-refractivity contribution in [1.82, 2.24) is 24.8 Å². The number of halogens is 1. The summed E-state index contributed by atoms with van der Waals surface area (Å²) in [4.78, 5) is 32.2. The number of nitrogens with one attached hydrogen (secondary N) is 1. The average Bonchev–Trinajstić information content (AvgIpc) is 3.48. The number of hydrogen-bond donors (Lipinski definition) is 3. The predicted octanol–water partition coefficient (Wildman–Crippen LogP) is 3.12. The van der Waals surface area contributed by atoms with Crippen LogP contribution in [0.5, 0.6) is 0 Å². The van der Waals surface area contributed by atoms with E-state index in [1.165, 1.54) is 28.0 Å². The predicted molar refractivity (Wildman–Crippen MR) is 132 cm³/mol. The molecule has 0 fully saturated rings. The number of nitrogens with zero attached hydrogens (tertiary/aromatic N) is 4. The largest absolute Gasteiger partial charge is 0.394 e. The fraction of sp³-hybridized carbons (Fsp3) is 0.250. The third-order valence-electron chi connectivity index (χ3n) is 5.74. The van der Waals surface area contributed by atoms with E-state index in [-0.39, 0.29) is 41.5 Å². The highest BCUT2D eigenvalue weighted by Crippen LogP contribution is 2.30. The van der Waals surface area contributed by atoms with Crippen molar-refractivity contribution >= 4 is 34.7 Å². The van der Waals surface area contributed by atoms with E-state index in [1.807, 2.05) is 12.3 Å². The minimum atomic E-state index is -0.449. The summed E-state index contributed by atoms with van der Waals surface area (Å²) in [6, 6.07) is 8.76. The van der Waals surface area contributed by atoms with Gasteiger partial charge in [0.25, 0.3) is 11.8 Å². The summed E-state index contributed by atoms with van der Waals surface area (Å²) in [5, 5.41) is 17.9. The molecule has 0 saturated carbocycles. The molecular formula is C24H25FN6O3S. The molecular weight excluding hydrogens is 471 g/mol. The number of thiophene rings is 1. The molecule has 1 aromatic carbocycles. The Bertz CT molecular complexity index is 1380. The zero-order valence-electron chi connectivity index (χ0n) is 19.4. The second kappa shape index (κ2) is 9.80. The van der Waals surface area contributed by atoms with Crippen molar-refractivity contribution in [3.8, 4) is 11.1 Å². The first-order chi connectivity index (χ1) is 16.7. The van der Waals surface area contributed by atoms with Crippen LogP contribution in [0.4, 0.5) is 10.3 Å². The molecule has 0 unspecified atom stereocenters. The topological polar surface area (TPSA) is 126 Å². The van der Waals surface area contributed by atoms with E-state index in [1.54, 1.807) is 49.3 Å². The number of anilines is 1. The molecule has 0 aliphatic heterocycles. The Balaban J connectivity index is 1.64. The van der Waals surface area contributed by atoms with Crippen LogP contribution in [0.25, 0.3) is 16.8 Å². The summed E-state index contributed by atoms with van der Waals surface area (Å²) in [6.07, 6.45) is 1.69. The van der Waals surface area contributed by atoms with Crippen LogP contribution < -0.4 is 11.1 Å². The van der Waals surface area contributed by atoms with Gasteiger partial charge in [-0.2, -0.15) is 4.98 Å². The van der Waals surface area contributed by atoms with Gasteiger partial charge in [0, 0.05) is 24.8 Å². The maximum atomic E-state index is 13.3. The summed E-state index contributed by atoms with van der Waals surface area (Å²) >= 11 is 1.28. The maximum Gasteiger partial charge on any atom is 0.264 e. The second-order valence-corrected chi connectivity index (χ2v) is 9.19. The molecule has 4 aromatic rings. The Morgan fingerprint density at radius 3 is 2.63 bits per heavy atom. The number of hydrogen-bond acceptors (Lipinski definition) is 7. The number of aromatic nitrogens is 3. The Morgan fingerprint density at radius 1 is 1.23 bits per heavy atom. The van der Waals surface area contributed by atoms with Crippen LogP contribution in [-0.2, 0) is 0 Å². The van der Waals surface area contributed by atoms with Gasteiger partial charge in [-0.15, -0.1) is 16.4 Å². The molecule has 182 valence electrons. The molecule has 0 aliphatic carbocycles. The minimum Gasteiger partial charge on any atom is -0.394 e. The quantitative estimate of drug-likeness (QED) is 0.361. The molecule has 2 atom stereocenters. The molecule has 0 aliphatic rings. The van der Waals surface area contributed by atoms with Crippen molar-refractivity contribution in [2.24, 2.45) is 0 Å². The number of fused-ring (bicyclic) bond motifs is 1. The van der Waals surface area contributed by atoms with Crippen molar-refractivity contribution in [1.29, 1.82) is 0 Å². The second-order valence-electron chi connectivity index (χ2n) is 8.28. The van der Waals surface area contributed by atoms with Gasteiger partial charge in [-0.1, -0.05) is 12.1 Å². The van der Waals surface area contributed by atoms with Crippen LogP contribution in [0.3, 0.4) is 0 Å². The van der Waals surface area contributed by atoms with Gasteiger partial charge in [0.2, 0.25) is 5.95 Å². The lowest BCUT2D eigenvalue weighted by Crippen LogP contribution is -2.35. The molecule has 2 amide bonds. The Hall–Kier alpha value is -3.83. The number of nitrogen functional groups attached to an aromatic ring is 1. The lowest BCUT2D eigenvalue weighted by atomic mass is 10.1. The Kier molecular flexibility index (Phi) is 6.81. The number of rotatable bonds is 7. The lowest BCUT2D eigenvalue weighted by molar-refractivity contribution is 0.0747. The number of nitrogens with two attached hydrogens (primary N) is 1. The molecule has 3 aromatic heterocycles. The van der Waals surface area contributed by atoms with E-state index in [9.17, 15) is 19.1 Å². The zero-order chi connectivity index (χ0) is 25.3. The lowest BCUT2D eigenvalue weighted by Gasteiger charge is -2.24. The average molecular weight is 497 g/mol. The Labute approximate surface area is 205 Å². The molecule has 0 saturated heterocycles. The van der Waals surface area contributed by atoms with Gasteiger partial charge in [0.1, 0.15) is 5.82 Å². The van der Waals surface area contributed by atoms with Crippen LogP contribution >= 0.6 is 11.3 Å². The summed E-state index contributed by atoms with van der Waals surface area (Å²) < 4.78 is 14.7. The third kappa shape index (κ3) is 5.00. The number of carbonyl (C=O) groups excluding carboxylic acids is 2. The van der Waals surface area contributed by atoms with Gasteiger partial charge in [-0.25, -0.2) is 8.91 Å². The number of aliphatic hydroxyl groups excluding tert-OH is 1. The fourth-order valence-corrected chi connectivity index (χ4v) is 4.49. The first-order valence-electron chi connectivity index (χ1n) is 10.9. The molecule has 11 heteroatoms. The normalized spacial score (nSPS) is 12.9. The third-order valence-corrected chi connectivity index (χ3v) is 6.66. The summed E-state index contributed by atoms with van der Waals surface area (Å²) in [7, 11) is 1.70. The number of benzene rings is 1. The molecule has 4 rings (SSSR count). The van der Waals surface area contributed by atoms with E-state index in [0.717, 1.165) is 11.1 Å². The van der Waals surface area contributed by atoms with Gasteiger partial charge in [0.05, 0.1) is 23.1 Å². The molecule has 0 spiro atoms. The summed E-state index contributed by atoms with van der Waals surface area (Å²) in [6.45, 7) is 3.34. The fourth-order valence-electron chi connectivity index (χ4n) is 3.59. The molecule has 3 heterocycles. The van der Waals surface area contributed by atoms with Crippen LogP contribution in [0.15, 0.2) is 48.0 Å². The van der Waals surface area contributed by atoms with Crippen molar-refractivity contribution in [2.75, 3.05) is 19.4 Å². The highest BCUT2D eigenvalue weighted by molar-refractivity contribution is 7.12. The molecule has 0 radical (unpaired) electrons.